The van der Waals surface area contributed by atoms with Gasteiger partial charge < -0.3 is 4.74 Å². The molecule has 2 aromatic rings. The van der Waals surface area contributed by atoms with Gasteiger partial charge in [-0.05, 0) is 31.9 Å². The van der Waals surface area contributed by atoms with Crippen LogP contribution in [0.15, 0.2) is 48.5 Å². The van der Waals surface area contributed by atoms with Gasteiger partial charge in [0.2, 0.25) is 0 Å². The van der Waals surface area contributed by atoms with Crippen LogP contribution in [-0.4, -0.2) is 18.6 Å². The van der Waals surface area contributed by atoms with Gasteiger partial charge in [-0.2, -0.15) is 10.5 Å². The molecule has 0 aromatic heterocycles. The van der Waals surface area contributed by atoms with Gasteiger partial charge in [0.1, 0.15) is 6.04 Å². The Hall–Kier alpha value is -3.15. The van der Waals surface area contributed by atoms with Gasteiger partial charge in [-0.1, -0.05) is 59.7 Å². The van der Waals surface area contributed by atoms with Crippen LogP contribution < -0.4 is 5.32 Å². The standard InChI is InChI=1S/C23H23N3O2/c1-4-28-22(27)20-19(17-9-5-15(2)6-10-17)23(13-24,14-25)21(26-20)18-11-7-16(3)8-12-18/h5-12,19-21,26H,4H2,1-3H3/t19-,20+,21-/m0/s1. The summed E-state index contributed by atoms with van der Waals surface area (Å²) < 4.78 is 5.27. The van der Waals surface area contributed by atoms with Crippen molar-refractivity contribution in [2.24, 2.45) is 5.41 Å². The molecule has 1 aliphatic rings. The average Bonchev–Trinajstić information content (AvgIpc) is 3.05. The average molecular weight is 373 g/mol. The highest BCUT2D eigenvalue weighted by molar-refractivity contribution is 5.79. The summed E-state index contributed by atoms with van der Waals surface area (Å²) in [6.45, 7) is 5.92. The highest BCUT2D eigenvalue weighted by Crippen LogP contribution is 2.52. The summed E-state index contributed by atoms with van der Waals surface area (Å²) in [7, 11) is 0. The third-order valence-corrected chi connectivity index (χ3v) is 5.38. The molecule has 1 saturated heterocycles. The molecule has 1 heterocycles. The van der Waals surface area contributed by atoms with Crippen molar-refractivity contribution in [3.63, 3.8) is 0 Å². The topological polar surface area (TPSA) is 85.9 Å². The fraction of sp³-hybridized carbons (Fsp3) is 0.348. The first-order valence-corrected chi connectivity index (χ1v) is 9.35. The molecule has 0 radical (unpaired) electrons. The molecule has 0 saturated carbocycles. The lowest BCUT2D eigenvalue weighted by atomic mass is 9.68. The van der Waals surface area contributed by atoms with E-state index in [9.17, 15) is 15.3 Å². The molecule has 0 bridgehead atoms. The van der Waals surface area contributed by atoms with Crippen molar-refractivity contribution in [2.45, 2.75) is 38.8 Å². The maximum Gasteiger partial charge on any atom is 0.323 e. The van der Waals surface area contributed by atoms with Crippen LogP contribution in [0.25, 0.3) is 0 Å². The smallest absolute Gasteiger partial charge is 0.323 e. The first-order chi connectivity index (χ1) is 13.5. The highest BCUT2D eigenvalue weighted by atomic mass is 16.5. The van der Waals surface area contributed by atoms with E-state index in [2.05, 4.69) is 17.5 Å². The molecule has 1 aliphatic heterocycles. The molecule has 0 unspecified atom stereocenters. The summed E-state index contributed by atoms with van der Waals surface area (Å²) in [5.74, 6) is -1.09. The summed E-state index contributed by atoms with van der Waals surface area (Å²) in [6.07, 6.45) is 0. The first-order valence-electron chi connectivity index (χ1n) is 9.35. The van der Waals surface area contributed by atoms with E-state index in [-0.39, 0.29) is 6.61 Å². The van der Waals surface area contributed by atoms with Crippen LogP contribution in [0.2, 0.25) is 0 Å². The van der Waals surface area contributed by atoms with Crippen molar-refractivity contribution in [3.8, 4) is 12.1 Å². The van der Waals surface area contributed by atoms with Crippen molar-refractivity contribution < 1.29 is 9.53 Å². The molecular weight excluding hydrogens is 350 g/mol. The Balaban J connectivity index is 2.17. The van der Waals surface area contributed by atoms with Gasteiger partial charge >= 0.3 is 5.97 Å². The molecule has 0 spiro atoms. The maximum absolute atomic E-state index is 12.7. The van der Waals surface area contributed by atoms with E-state index in [1.54, 1.807) is 6.92 Å². The number of nitrogens with zero attached hydrogens (tertiary/aromatic N) is 2. The monoisotopic (exact) mass is 373 g/mol. The molecule has 2 aromatic carbocycles. The van der Waals surface area contributed by atoms with Crippen molar-refractivity contribution in [3.05, 3.63) is 70.8 Å². The second-order valence-electron chi connectivity index (χ2n) is 7.22. The van der Waals surface area contributed by atoms with Gasteiger partial charge in [-0.3, -0.25) is 10.1 Å². The third kappa shape index (κ3) is 3.26. The molecule has 0 amide bonds. The second-order valence-corrected chi connectivity index (χ2v) is 7.22. The Labute approximate surface area is 165 Å². The number of carbonyl (C=O) groups is 1. The van der Waals surface area contributed by atoms with Crippen LogP contribution in [0.5, 0.6) is 0 Å². The largest absolute Gasteiger partial charge is 0.465 e. The van der Waals surface area contributed by atoms with Crippen LogP contribution in [0.3, 0.4) is 0 Å². The predicted molar refractivity (Wildman–Crippen MR) is 105 cm³/mol. The van der Waals surface area contributed by atoms with E-state index in [4.69, 9.17) is 4.74 Å². The van der Waals surface area contributed by atoms with Crippen molar-refractivity contribution in [1.29, 1.82) is 10.5 Å². The number of nitrogens with one attached hydrogen (secondary N) is 1. The summed E-state index contributed by atoms with van der Waals surface area (Å²) >= 11 is 0. The minimum atomic E-state index is -1.44. The van der Waals surface area contributed by atoms with Gasteiger partial charge in [0.25, 0.3) is 0 Å². The Morgan fingerprint density at radius 1 is 1.00 bits per heavy atom. The summed E-state index contributed by atoms with van der Waals surface area (Å²) in [4.78, 5) is 12.7. The Morgan fingerprint density at radius 2 is 1.50 bits per heavy atom. The van der Waals surface area contributed by atoms with E-state index in [1.165, 1.54) is 0 Å². The van der Waals surface area contributed by atoms with Gasteiger partial charge in [-0.15, -0.1) is 0 Å². The molecule has 5 nitrogen and oxygen atoms in total. The van der Waals surface area contributed by atoms with Crippen molar-refractivity contribution >= 4 is 5.97 Å². The van der Waals surface area contributed by atoms with Gasteiger partial charge in [0, 0.05) is 5.92 Å². The molecule has 1 N–H and O–H groups in total. The fourth-order valence-electron chi connectivity index (χ4n) is 3.93. The number of benzene rings is 2. The van der Waals surface area contributed by atoms with E-state index in [0.717, 1.165) is 22.3 Å². The summed E-state index contributed by atoms with van der Waals surface area (Å²) in [5.41, 5.74) is 2.28. The summed E-state index contributed by atoms with van der Waals surface area (Å²) in [5, 5.41) is 23.6. The lowest BCUT2D eigenvalue weighted by Crippen LogP contribution is -2.37. The van der Waals surface area contributed by atoms with Gasteiger partial charge in [-0.25, -0.2) is 0 Å². The molecular formula is C23H23N3O2. The fourth-order valence-corrected chi connectivity index (χ4v) is 3.93. The van der Waals surface area contributed by atoms with Crippen LogP contribution >= 0.6 is 0 Å². The quantitative estimate of drug-likeness (QED) is 0.826. The minimum Gasteiger partial charge on any atom is -0.465 e. The normalized spacial score (nSPS) is 22.8. The Morgan fingerprint density at radius 3 is 1.96 bits per heavy atom. The highest BCUT2D eigenvalue weighted by Gasteiger charge is 2.60. The lowest BCUT2D eigenvalue weighted by Gasteiger charge is -2.27. The lowest BCUT2D eigenvalue weighted by molar-refractivity contribution is -0.145. The zero-order valence-corrected chi connectivity index (χ0v) is 16.3. The van der Waals surface area contributed by atoms with Gasteiger partial charge in [0.15, 0.2) is 5.41 Å². The predicted octanol–water partition coefficient (Wildman–Crippen LogP) is 3.70. The van der Waals surface area contributed by atoms with E-state index >= 15 is 0 Å². The minimum absolute atomic E-state index is 0.235. The maximum atomic E-state index is 12.7. The van der Waals surface area contributed by atoms with Crippen molar-refractivity contribution in [2.75, 3.05) is 6.61 Å². The number of aryl methyl sites for hydroxylation is 2. The third-order valence-electron chi connectivity index (χ3n) is 5.38. The van der Waals surface area contributed by atoms with Crippen molar-refractivity contribution in [1.82, 2.24) is 5.32 Å². The van der Waals surface area contributed by atoms with Crippen LogP contribution in [0.4, 0.5) is 0 Å². The number of ether oxygens (including phenoxy) is 1. The van der Waals surface area contributed by atoms with Crippen LogP contribution in [0, 0.1) is 41.9 Å². The molecule has 1 fully saturated rings. The van der Waals surface area contributed by atoms with Crippen LogP contribution in [-0.2, 0) is 9.53 Å². The molecule has 3 atom stereocenters. The molecule has 28 heavy (non-hydrogen) atoms. The number of nitriles is 2. The number of esters is 1. The first kappa shape index (κ1) is 19.6. The molecule has 142 valence electrons. The Bertz CT molecular complexity index is 922. The number of hydrogen-bond acceptors (Lipinski definition) is 5. The number of hydrogen-bond donors (Lipinski definition) is 1. The van der Waals surface area contributed by atoms with Gasteiger partial charge in [0.05, 0.1) is 24.8 Å². The van der Waals surface area contributed by atoms with E-state index in [1.807, 2.05) is 62.4 Å². The molecule has 0 aliphatic carbocycles. The zero-order valence-electron chi connectivity index (χ0n) is 16.3. The number of carbonyl (C=O) groups excluding carboxylic acids is 1. The molecule has 5 heteroatoms. The second kappa shape index (κ2) is 7.84. The zero-order chi connectivity index (χ0) is 20.3. The summed E-state index contributed by atoms with van der Waals surface area (Å²) in [6, 6.07) is 18.4. The molecule has 3 rings (SSSR count). The van der Waals surface area contributed by atoms with E-state index in [0.29, 0.717) is 0 Å². The Kier molecular flexibility index (Phi) is 5.49. The van der Waals surface area contributed by atoms with Crippen LogP contribution in [0.1, 0.15) is 41.1 Å². The SMILES string of the molecule is CCOC(=O)[C@@H]1N[C@@H](c2ccc(C)cc2)C(C#N)(C#N)[C@H]1c1ccc(C)cc1. The number of rotatable bonds is 4. The van der Waals surface area contributed by atoms with E-state index < -0.39 is 29.4 Å².